The molecule has 0 saturated heterocycles. The first-order valence-corrected chi connectivity index (χ1v) is 5.02. The molecule has 64 valence electrons. The minimum absolute atomic E-state index is 0.264. The first-order valence-electron chi connectivity index (χ1n) is 4.14. The Kier molecular flexibility index (Phi) is 1.55. The largest absolute Gasteiger partial charge is 0.353 e. The summed E-state index contributed by atoms with van der Waals surface area (Å²) in [7, 11) is 0. The van der Waals surface area contributed by atoms with Gasteiger partial charge in [0, 0.05) is 11.6 Å². The summed E-state index contributed by atoms with van der Waals surface area (Å²) in [5.41, 5.74) is 1.71. The van der Waals surface area contributed by atoms with Crippen molar-refractivity contribution in [1.82, 2.24) is 4.98 Å². The molecule has 2 heteroatoms. The highest BCUT2D eigenvalue weighted by Gasteiger charge is 2.18. The summed E-state index contributed by atoms with van der Waals surface area (Å²) in [5.74, 6) is 0. The molecule has 0 aliphatic carbocycles. The van der Waals surface area contributed by atoms with E-state index in [2.05, 4.69) is 37.2 Å². The molecule has 2 aromatic heterocycles. The third kappa shape index (κ3) is 1.07. The average Bonchev–Trinajstić information content (AvgIpc) is 2.37. The van der Waals surface area contributed by atoms with Gasteiger partial charge in [0.2, 0.25) is 0 Å². The summed E-state index contributed by atoms with van der Waals surface area (Å²) in [6.07, 6.45) is 2.01. The van der Waals surface area contributed by atoms with Gasteiger partial charge in [-0.05, 0) is 22.4 Å². The second-order valence-electron chi connectivity index (χ2n) is 4.12. The van der Waals surface area contributed by atoms with Gasteiger partial charge in [0.25, 0.3) is 0 Å². The van der Waals surface area contributed by atoms with E-state index in [9.17, 15) is 0 Å². The Balaban J connectivity index is 2.69. The predicted molar refractivity (Wildman–Crippen MR) is 54.9 cm³/mol. The quantitative estimate of drug-likeness (QED) is 0.637. The van der Waals surface area contributed by atoms with Crippen molar-refractivity contribution in [2.24, 2.45) is 0 Å². The minimum atomic E-state index is 0.264. The standard InChI is InChI=1S/C10H13NS/c1-10(2,3)8-6-12-9-7(8)4-5-11-9/h4-6,11H,1-3H3. The number of hydrogen-bond acceptors (Lipinski definition) is 1. The van der Waals surface area contributed by atoms with Gasteiger partial charge in [0.1, 0.15) is 0 Å². The Bertz CT molecular complexity index is 389. The lowest BCUT2D eigenvalue weighted by Crippen LogP contribution is -2.09. The summed E-state index contributed by atoms with van der Waals surface area (Å²) < 4.78 is 0. The van der Waals surface area contributed by atoms with Crippen molar-refractivity contribution in [2.45, 2.75) is 26.2 Å². The van der Waals surface area contributed by atoms with Gasteiger partial charge in [-0.25, -0.2) is 0 Å². The van der Waals surface area contributed by atoms with E-state index in [0.717, 1.165) is 0 Å². The number of aromatic amines is 1. The van der Waals surface area contributed by atoms with Gasteiger partial charge in [0.05, 0.1) is 4.83 Å². The van der Waals surface area contributed by atoms with E-state index in [1.807, 2.05) is 6.20 Å². The van der Waals surface area contributed by atoms with Crippen LogP contribution in [0.5, 0.6) is 0 Å². The Labute approximate surface area is 76.4 Å². The van der Waals surface area contributed by atoms with Gasteiger partial charge >= 0.3 is 0 Å². The van der Waals surface area contributed by atoms with Crippen LogP contribution in [-0.4, -0.2) is 4.98 Å². The lowest BCUT2D eigenvalue weighted by atomic mass is 9.88. The highest BCUT2D eigenvalue weighted by atomic mass is 32.1. The number of hydrogen-bond donors (Lipinski definition) is 1. The fourth-order valence-electron chi connectivity index (χ4n) is 1.43. The van der Waals surface area contributed by atoms with Gasteiger partial charge in [-0.3, -0.25) is 0 Å². The van der Waals surface area contributed by atoms with Crippen LogP contribution in [0.3, 0.4) is 0 Å². The molecule has 0 fully saturated rings. The Morgan fingerprint density at radius 3 is 2.75 bits per heavy atom. The normalized spacial score (nSPS) is 12.6. The highest BCUT2D eigenvalue weighted by molar-refractivity contribution is 7.17. The lowest BCUT2D eigenvalue weighted by Gasteiger charge is -2.16. The maximum absolute atomic E-state index is 3.23. The van der Waals surface area contributed by atoms with Crippen molar-refractivity contribution in [3.63, 3.8) is 0 Å². The van der Waals surface area contributed by atoms with Crippen LogP contribution in [-0.2, 0) is 5.41 Å². The minimum Gasteiger partial charge on any atom is -0.353 e. The molecule has 0 amide bonds. The van der Waals surface area contributed by atoms with Crippen molar-refractivity contribution in [2.75, 3.05) is 0 Å². The molecule has 0 bridgehead atoms. The smallest absolute Gasteiger partial charge is 0.0999 e. The number of aromatic nitrogens is 1. The molecule has 0 spiro atoms. The molecule has 0 aliphatic heterocycles. The van der Waals surface area contributed by atoms with Crippen molar-refractivity contribution < 1.29 is 0 Å². The van der Waals surface area contributed by atoms with Gasteiger partial charge in [-0.1, -0.05) is 20.8 Å². The van der Waals surface area contributed by atoms with E-state index in [1.54, 1.807) is 11.3 Å². The summed E-state index contributed by atoms with van der Waals surface area (Å²) in [6, 6.07) is 2.16. The number of rotatable bonds is 0. The van der Waals surface area contributed by atoms with Crippen molar-refractivity contribution in [3.05, 3.63) is 23.2 Å². The first kappa shape index (κ1) is 7.87. The molecular formula is C10H13NS. The number of fused-ring (bicyclic) bond motifs is 1. The van der Waals surface area contributed by atoms with Crippen LogP contribution in [0.2, 0.25) is 0 Å². The second-order valence-corrected chi connectivity index (χ2v) is 5.00. The van der Waals surface area contributed by atoms with Crippen LogP contribution in [0.1, 0.15) is 26.3 Å². The van der Waals surface area contributed by atoms with Crippen LogP contribution in [0.25, 0.3) is 10.2 Å². The van der Waals surface area contributed by atoms with Crippen LogP contribution in [0.15, 0.2) is 17.6 Å². The van der Waals surface area contributed by atoms with Gasteiger partial charge in [0.15, 0.2) is 0 Å². The van der Waals surface area contributed by atoms with Crippen molar-refractivity contribution >= 4 is 21.6 Å². The molecular weight excluding hydrogens is 166 g/mol. The van der Waals surface area contributed by atoms with E-state index in [1.165, 1.54) is 15.8 Å². The summed E-state index contributed by atoms with van der Waals surface area (Å²) in [4.78, 5) is 4.52. The number of thiophene rings is 1. The Morgan fingerprint density at radius 1 is 1.33 bits per heavy atom. The summed E-state index contributed by atoms with van der Waals surface area (Å²) >= 11 is 1.79. The molecule has 0 atom stereocenters. The van der Waals surface area contributed by atoms with E-state index >= 15 is 0 Å². The summed E-state index contributed by atoms with van der Waals surface area (Å²) in [6.45, 7) is 6.75. The van der Waals surface area contributed by atoms with Crippen LogP contribution in [0, 0.1) is 0 Å². The SMILES string of the molecule is CC(C)(C)c1csc2[nH]ccc12. The Hall–Kier alpha value is -0.760. The molecule has 2 heterocycles. The Morgan fingerprint density at radius 2 is 2.08 bits per heavy atom. The van der Waals surface area contributed by atoms with Gasteiger partial charge < -0.3 is 4.98 Å². The fourth-order valence-corrected chi connectivity index (χ4v) is 2.58. The third-order valence-electron chi connectivity index (χ3n) is 2.10. The van der Waals surface area contributed by atoms with E-state index in [0.29, 0.717) is 0 Å². The van der Waals surface area contributed by atoms with E-state index < -0.39 is 0 Å². The average molecular weight is 179 g/mol. The van der Waals surface area contributed by atoms with Crippen LogP contribution in [0.4, 0.5) is 0 Å². The highest BCUT2D eigenvalue weighted by Crippen LogP contribution is 2.33. The topological polar surface area (TPSA) is 15.8 Å². The third-order valence-corrected chi connectivity index (χ3v) is 3.03. The molecule has 0 aromatic carbocycles. The molecule has 0 unspecified atom stereocenters. The van der Waals surface area contributed by atoms with Crippen LogP contribution < -0.4 is 0 Å². The summed E-state index contributed by atoms with van der Waals surface area (Å²) in [5, 5.41) is 3.63. The van der Waals surface area contributed by atoms with E-state index in [-0.39, 0.29) is 5.41 Å². The lowest BCUT2D eigenvalue weighted by molar-refractivity contribution is 0.598. The number of H-pyrrole nitrogens is 1. The second kappa shape index (κ2) is 2.36. The maximum atomic E-state index is 3.23. The molecule has 1 nitrogen and oxygen atoms in total. The molecule has 0 radical (unpaired) electrons. The molecule has 12 heavy (non-hydrogen) atoms. The zero-order chi connectivity index (χ0) is 8.77. The zero-order valence-corrected chi connectivity index (χ0v) is 8.46. The van der Waals surface area contributed by atoms with E-state index in [4.69, 9.17) is 0 Å². The molecule has 2 rings (SSSR count). The van der Waals surface area contributed by atoms with Crippen molar-refractivity contribution in [1.29, 1.82) is 0 Å². The number of nitrogens with one attached hydrogen (secondary N) is 1. The van der Waals surface area contributed by atoms with Gasteiger partial charge in [-0.2, -0.15) is 0 Å². The predicted octanol–water partition coefficient (Wildman–Crippen LogP) is 3.53. The van der Waals surface area contributed by atoms with Gasteiger partial charge in [-0.15, -0.1) is 11.3 Å². The maximum Gasteiger partial charge on any atom is 0.0999 e. The molecule has 0 saturated carbocycles. The monoisotopic (exact) mass is 179 g/mol. The molecule has 0 aliphatic rings. The zero-order valence-electron chi connectivity index (χ0n) is 7.64. The molecule has 1 N–H and O–H groups in total. The first-order chi connectivity index (χ1) is 5.59. The van der Waals surface area contributed by atoms with Crippen LogP contribution >= 0.6 is 11.3 Å². The van der Waals surface area contributed by atoms with Crippen molar-refractivity contribution in [3.8, 4) is 0 Å². The fraction of sp³-hybridized carbons (Fsp3) is 0.400. The molecule has 2 aromatic rings.